The van der Waals surface area contributed by atoms with E-state index in [9.17, 15) is 0 Å². The lowest BCUT2D eigenvalue weighted by molar-refractivity contribution is -0.0567. The first kappa shape index (κ1) is 11.4. The van der Waals surface area contributed by atoms with Crippen molar-refractivity contribution in [1.82, 2.24) is 15.0 Å². The molecule has 0 saturated carbocycles. The normalized spacial score (nSPS) is 10.3. The van der Waals surface area contributed by atoms with Gasteiger partial charge in [-0.05, 0) is 6.92 Å². The Balaban J connectivity index is 2.60. The smallest absolute Gasteiger partial charge is 0.256 e. The van der Waals surface area contributed by atoms with E-state index in [-0.39, 0.29) is 24.6 Å². The van der Waals surface area contributed by atoms with Gasteiger partial charge in [0, 0.05) is 13.7 Å². The second kappa shape index (κ2) is 5.27. The third-order valence-corrected chi connectivity index (χ3v) is 1.47. The quantitative estimate of drug-likeness (QED) is 0.379. The highest BCUT2D eigenvalue weighted by molar-refractivity contribution is 5.36. The van der Waals surface area contributed by atoms with Gasteiger partial charge >= 0.3 is 0 Å². The van der Waals surface area contributed by atoms with E-state index >= 15 is 0 Å². The van der Waals surface area contributed by atoms with Crippen molar-refractivity contribution in [2.45, 2.75) is 6.92 Å². The van der Waals surface area contributed by atoms with Crippen molar-refractivity contribution in [2.75, 3.05) is 37.0 Å². The van der Waals surface area contributed by atoms with Crippen LogP contribution in [0.5, 0.6) is 0 Å². The Hall–Kier alpha value is -1.67. The number of aromatic nitrogens is 3. The van der Waals surface area contributed by atoms with Gasteiger partial charge in [0.15, 0.2) is 6.79 Å². The lowest BCUT2D eigenvalue weighted by atomic mass is 10.8. The molecule has 0 radical (unpaired) electrons. The SMILES string of the molecule is CCOCON(C)c1nc(N)nc(N)n1. The number of rotatable bonds is 5. The molecule has 1 heterocycles. The van der Waals surface area contributed by atoms with Gasteiger partial charge in [0.2, 0.25) is 11.9 Å². The van der Waals surface area contributed by atoms with Crippen LogP contribution in [-0.4, -0.2) is 35.4 Å². The average molecular weight is 214 g/mol. The molecule has 0 atom stereocenters. The van der Waals surface area contributed by atoms with Crippen molar-refractivity contribution in [3.63, 3.8) is 0 Å². The summed E-state index contributed by atoms with van der Waals surface area (Å²) in [6, 6.07) is 0. The van der Waals surface area contributed by atoms with E-state index in [1.165, 1.54) is 5.06 Å². The van der Waals surface area contributed by atoms with Gasteiger partial charge in [-0.25, -0.2) is 9.90 Å². The van der Waals surface area contributed by atoms with Gasteiger partial charge in [0.05, 0.1) is 0 Å². The molecule has 0 saturated heterocycles. The zero-order valence-corrected chi connectivity index (χ0v) is 8.67. The van der Waals surface area contributed by atoms with Crippen molar-refractivity contribution in [3.8, 4) is 0 Å². The second-order valence-electron chi connectivity index (χ2n) is 2.59. The molecular formula is C7H14N6O2. The fraction of sp³-hybridized carbons (Fsp3) is 0.571. The van der Waals surface area contributed by atoms with Crippen LogP contribution < -0.4 is 16.5 Å². The topological polar surface area (TPSA) is 112 Å². The molecule has 1 aromatic rings. The molecule has 8 nitrogen and oxygen atoms in total. The number of hydrogen-bond acceptors (Lipinski definition) is 8. The summed E-state index contributed by atoms with van der Waals surface area (Å²) in [7, 11) is 1.62. The van der Waals surface area contributed by atoms with E-state index < -0.39 is 0 Å². The summed E-state index contributed by atoms with van der Waals surface area (Å²) in [5, 5.41) is 1.31. The predicted octanol–water partition coefficient (Wildman–Crippen LogP) is -0.602. The van der Waals surface area contributed by atoms with E-state index in [0.29, 0.717) is 6.61 Å². The molecule has 0 bridgehead atoms. The highest BCUT2D eigenvalue weighted by Gasteiger charge is 2.07. The molecule has 8 heteroatoms. The minimum atomic E-state index is 0.0457. The van der Waals surface area contributed by atoms with Crippen LogP contribution in [0.15, 0.2) is 0 Å². The van der Waals surface area contributed by atoms with Gasteiger partial charge in [-0.3, -0.25) is 0 Å². The van der Waals surface area contributed by atoms with Crippen LogP contribution in [0.25, 0.3) is 0 Å². The summed E-state index contributed by atoms with van der Waals surface area (Å²) in [5.74, 6) is 0.327. The molecule has 0 spiro atoms. The van der Waals surface area contributed by atoms with Crippen LogP contribution in [0.4, 0.5) is 17.8 Å². The van der Waals surface area contributed by atoms with Gasteiger partial charge in [-0.1, -0.05) is 0 Å². The van der Waals surface area contributed by atoms with Crippen LogP contribution in [0.1, 0.15) is 6.92 Å². The summed E-state index contributed by atoms with van der Waals surface area (Å²) in [6.07, 6.45) is 0. The fourth-order valence-corrected chi connectivity index (χ4v) is 0.795. The van der Waals surface area contributed by atoms with Gasteiger partial charge in [-0.15, -0.1) is 0 Å². The highest BCUT2D eigenvalue weighted by atomic mass is 16.8. The number of nitrogen functional groups attached to an aromatic ring is 2. The van der Waals surface area contributed by atoms with E-state index in [1.54, 1.807) is 7.05 Å². The van der Waals surface area contributed by atoms with Gasteiger partial charge in [0.1, 0.15) is 0 Å². The minimum absolute atomic E-state index is 0.0457. The van der Waals surface area contributed by atoms with Crippen LogP contribution >= 0.6 is 0 Å². The summed E-state index contributed by atoms with van der Waals surface area (Å²) < 4.78 is 4.99. The zero-order chi connectivity index (χ0) is 11.3. The first-order chi connectivity index (χ1) is 7.13. The van der Waals surface area contributed by atoms with Crippen molar-refractivity contribution in [1.29, 1.82) is 0 Å². The number of hydrogen-bond donors (Lipinski definition) is 2. The van der Waals surface area contributed by atoms with E-state index in [0.717, 1.165) is 0 Å². The maximum atomic E-state index is 5.40. The molecule has 4 N–H and O–H groups in total. The molecule has 0 aliphatic heterocycles. The first-order valence-electron chi connectivity index (χ1n) is 4.35. The Morgan fingerprint density at radius 3 is 2.33 bits per heavy atom. The summed E-state index contributed by atoms with van der Waals surface area (Å²) in [5.41, 5.74) is 10.8. The number of hydroxylamine groups is 1. The van der Waals surface area contributed by atoms with Gasteiger partial charge in [0.25, 0.3) is 5.95 Å². The second-order valence-corrected chi connectivity index (χ2v) is 2.59. The Morgan fingerprint density at radius 2 is 1.80 bits per heavy atom. The number of anilines is 3. The molecule has 1 rings (SSSR count). The molecule has 84 valence electrons. The number of ether oxygens (including phenoxy) is 1. The molecule has 15 heavy (non-hydrogen) atoms. The monoisotopic (exact) mass is 214 g/mol. The molecule has 0 fully saturated rings. The van der Waals surface area contributed by atoms with Crippen LogP contribution in [0.2, 0.25) is 0 Å². The van der Waals surface area contributed by atoms with E-state index in [2.05, 4.69) is 15.0 Å². The summed E-state index contributed by atoms with van der Waals surface area (Å²) >= 11 is 0. The van der Waals surface area contributed by atoms with Crippen molar-refractivity contribution in [2.24, 2.45) is 0 Å². The van der Waals surface area contributed by atoms with Crippen LogP contribution in [-0.2, 0) is 9.57 Å². The molecule has 0 amide bonds. The standard InChI is InChI=1S/C7H14N6O2/c1-3-14-4-15-13(2)7-11-5(8)10-6(9)12-7/h3-4H2,1-2H3,(H4,8,9,10,11,12). The largest absolute Gasteiger partial charge is 0.368 e. The van der Waals surface area contributed by atoms with Gasteiger partial charge in [-0.2, -0.15) is 15.0 Å². The minimum Gasteiger partial charge on any atom is -0.368 e. The average Bonchev–Trinajstić information content (AvgIpc) is 2.16. The first-order valence-corrected chi connectivity index (χ1v) is 4.35. The van der Waals surface area contributed by atoms with E-state index in [4.69, 9.17) is 21.0 Å². The van der Waals surface area contributed by atoms with Crippen molar-refractivity contribution in [3.05, 3.63) is 0 Å². The third kappa shape index (κ3) is 3.52. The molecule has 0 aromatic carbocycles. The van der Waals surface area contributed by atoms with Crippen LogP contribution in [0, 0.1) is 0 Å². The number of nitrogens with two attached hydrogens (primary N) is 2. The molecule has 1 aromatic heterocycles. The highest BCUT2D eigenvalue weighted by Crippen LogP contribution is 2.08. The third-order valence-electron chi connectivity index (χ3n) is 1.47. The Morgan fingerprint density at radius 1 is 1.20 bits per heavy atom. The Kier molecular flexibility index (Phi) is 4.01. The molecule has 0 unspecified atom stereocenters. The summed E-state index contributed by atoms with van der Waals surface area (Å²) in [6.45, 7) is 2.54. The van der Waals surface area contributed by atoms with Crippen molar-refractivity contribution >= 4 is 17.8 Å². The lowest BCUT2D eigenvalue weighted by Crippen LogP contribution is -2.23. The lowest BCUT2D eigenvalue weighted by Gasteiger charge is -2.16. The van der Waals surface area contributed by atoms with Crippen LogP contribution in [0.3, 0.4) is 0 Å². The fourth-order valence-electron chi connectivity index (χ4n) is 0.795. The van der Waals surface area contributed by atoms with Crippen molar-refractivity contribution < 1.29 is 9.57 Å². The maximum Gasteiger partial charge on any atom is 0.256 e. The van der Waals surface area contributed by atoms with E-state index in [1.807, 2.05) is 6.92 Å². The maximum absolute atomic E-state index is 5.40. The summed E-state index contributed by atoms with van der Waals surface area (Å²) in [4.78, 5) is 16.4. The predicted molar refractivity (Wildman–Crippen MR) is 54.6 cm³/mol. The Labute approximate surface area is 87.2 Å². The van der Waals surface area contributed by atoms with Gasteiger partial charge < -0.3 is 16.2 Å². The zero-order valence-electron chi connectivity index (χ0n) is 8.67. The molecule has 0 aliphatic rings. The molecular weight excluding hydrogens is 200 g/mol. The molecule has 0 aliphatic carbocycles. The number of nitrogens with zero attached hydrogens (tertiary/aromatic N) is 4. The Bertz CT molecular complexity index is 300.